The highest BCUT2D eigenvalue weighted by molar-refractivity contribution is 6.40. The lowest BCUT2D eigenvalue weighted by molar-refractivity contribution is -0.140. The molecule has 28 heavy (non-hydrogen) atoms. The Morgan fingerprint density at radius 1 is 0.857 bits per heavy atom. The highest BCUT2D eigenvalue weighted by Gasteiger charge is 2.16. The van der Waals surface area contributed by atoms with Crippen LogP contribution in [-0.2, 0) is 28.6 Å². The number of Topliss-reactive ketones (excluding diaryl/α,β-unsaturated/α-hetero) is 1. The monoisotopic (exact) mass is 395 g/mol. The molecular weight excluding hydrogens is 370 g/mol. The second kappa shape index (κ2) is 14.3. The fourth-order valence-corrected chi connectivity index (χ4v) is 2.00. The average Bonchev–Trinajstić information content (AvgIpc) is 2.70. The summed E-state index contributed by atoms with van der Waals surface area (Å²) >= 11 is 0. The van der Waals surface area contributed by atoms with E-state index in [4.69, 9.17) is 19.3 Å². The molecule has 1 aromatic carbocycles. The maximum atomic E-state index is 11.8. The van der Waals surface area contributed by atoms with Gasteiger partial charge in [-0.2, -0.15) is 0 Å². The third kappa shape index (κ3) is 11.0. The highest BCUT2D eigenvalue weighted by atomic mass is 16.6. The molecule has 154 valence electrons. The molecule has 0 radical (unpaired) electrons. The van der Waals surface area contributed by atoms with E-state index in [0.29, 0.717) is 32.8 Å². The molecule has 0 bridgehead atoms. The fraction of sp³-hybridized carbons (Fsp3) is 0.474. The van der Waals surface area contributed by atoms with E-state index in [9.17, 15) is 19.2 Å². The molecular formula is C19H25NO8. The van der Waals surface area contributed by atoms with Crippen molar-refractivity contribution < 1.29 is 38.5 Å². The molecule has 9 heteroatoms. The van der Waals surface area contributed by atoms with Crippen LogP contribution in [-0.4, -0.2) is 68.3 Å². The number of ketones is 1. The summed E-state index contributed by atoms with van der Waals surface area (Å²) in [4.78, 5) is 44.9. The normalized spacial score (nSPS) is 10.3. The van der Waals surface area contributed by atoms with Gasteiger partial charge in [0, 0.05) is 25.1 Å². The molecule has 0 unspecified atom stereocenters. The van der Waals surface area contributed by atoms with Crippen molar-refractivity contribution in [1.82, 2.24) is 5.32 Å². The molecule has 0 aliphatic carbocycles. The molecule has 0 heterocycles. The third-order valence-electron chi connectivity index (χ3n) is 3.41. The Labute approximate surface area is 163 Å². The maximum Gasteiger partial charge on any atom is 0.379 e. The molecule has 1 rings (SSSR count). The first kappa shape index (κ1) is 23.3. The summed E-state index contributed by atoms with van der Waals surface area (Å²) in [6.07, 6.45) is 0.374. The number of esters is 1. The van der Waals surface area contributed by atoms with Gasteiger partial charge in [-0.25, -0.2) is 4.79 Å². The zero-order valence-corrected chi connectivity index (χ0v) is 15.6. The van der Waals surface area contributed by atoms with Gasteiger partial charge in [0.1, 0.15) is 6.61 Å². The first-order valence-electron chi connectivity index (χ1n) is 8.91. The number of carboxylic acid groups (broad SMARTS) is 1. The Morgan fingerprint density at radius 2 is 1.50 bits per heavy atom. The van der Waals surface area contributed by atoms with E-state index in [0.717, 1.165) is 0 Å². The molecule has 0 aromatic heterocycles. The number of aliphatic carboxylic acids is 1. The number of hydrogen-bond donors (Lipinski definition) is 2. The molecule has 2 N–H and O–H groups in total. The summed E-state index contributed by atoms with van der Waals surface area (Å²) in [5.41, 5.74) is 0.278. The van der Waals surface area contributed by atoms with Crippen LogP contribution in [0.3, 0.4) is 0 Å². The lowest BCUT2D eigenvalue weighted by Gasteiger charge is -2.07. The molecule has 1 amide bonds. The molecule has 0 saturated carbocycles. The van der Waals surface area contributed by atoms with E-state index in [2.05, 4.69) is 5.32 Å². The van der Waals surface area contributed by atoms with E-state index in [1.807, 2.05) is 0 Å². The third-order valence-corrected chi connectivity index (χ3v) is 3.41. The minimum Gasteiger partial charge on any atom is -0.481 e. The van der Waals surface area contributed by atoms with Crippen molar-refractivity contribution in [2.45, 2.75) is 19.3 Å². The Hall–Kier alpha value is -2.78. The Balaban J connectivity index is 1.91. The summed E-state index contributed by atoms with van der Waals surface area (Å²) < 4.78 is 15.4. The molecule has 0 aliphatic heterocycles. The predicted molar refractivity (Wildman–Crippen MR) is 97.9 cm³/mol. The van der Waals surface area contributed by atoms with Crippen molar-refractivity contribution in [2.75, 3.05) is 39.6 Å². The molecule has 0 atom stereocenters. The number of benzene rings is 1. The van der Waals surface area contributed by atoms with Gasteiger partial charge in [-0.05, 0) is 6.42 Å². The van der Waals surface area contributed by atoms with Crippen molar-refractivity contribution in [3.8, 4) is 0 Å². The van der Waals surface area contributed by atoms with E-state index < -0.39 is 17.7 Å². The van der Waals surface area contributed by atoms with Gasteiger partial charge in [0.25, 0.3) is 5.78 Å². The van der Waals surface area contributed by atoms with Crippen LogP contribution < -0.4 is 5.32 Å². The minimum atomic E-state index is -1.00. The number of carbonyl (C=O) groups excluding carboxylic acids is 3. The van der Waals surface area contributed by atoms with Crippen LogP contribution in [0.25, 0.3) is 0 Å². The van der Waals surface area contributed by atoms with Crippen LogP contribution in [0.1, 0.15) is 29.6 Å². The molecule has 9 nitrogen and oxygen atoms in total. The van der Waals surface area contributed by atoms with Gasteiger partial charge in [0.2, 0.25) is 5.91 Å². The number of carbonyl (C=O) groups is 4. The van der Waals surface area contributed by atoms with Crippen molar-refractivity contribution in [1.29, 1.82) is 0 Å². The zero-order chi connectivity index (χ0) is 20.6. The van der Waals surface area contributed by atoms with Crippen LogP contribution in [0.4, 0.5) is 0 Å². The number of rotatable bonds is 15. The number of nitrogens with one attached hydrogen (secondary N) is 1. The zero-order valence-electron chi connectivity index (χ0n) is 15.6. The lowest BCUT2D eigenvalue weighted by Crippen LogP contribution is -2.25. The SMILES string of the molecule is O=C(O)CCC(=O)NCCCOCCOCCOC(=O)C(=O)c1ccccc1. The predicted octanol–water partition coefficient (Wildman–Crippen LogP) is 0.817. The van der Waals surface area contributed by atoms with Crippen molar-refractivity contribution in [3.05, 3.63) is 35.9 Å². The Bertz CT molecular complexity index is 632. The number of hydrogen-bond acceptors (Lipinski definition) is 7. The van der Waals surface area contributed by atoms with Crippen LogP contribution in [0.5, 0.6) is 0 Å². The Kier molecular flexibility index (Phi) is 11.9. The summed E-state index contributed by atoms with van der Waals surface area (Å²) in [7, 11) is 0. The van der Waals surface area contributed by atoms with Crippen molar-refractivity contribution in [2.24, 2.45) is 0 Å². The van der Waals surface area contributed by atoms with Gasteiger partial charge in [-0.3, -0.25) is 14.4 Å². The quantitative estimate of drug-likeness (QED) is 0.193. The number of ether oxygens (including phenoxy) is 3. The molecule has 0 saturated heterocycles. The first-order chi connectivity index (χ1) is 13.5. The topological polar surface area (TPSA) is 128 Å². The second-order valence-electron chi connectivity index (χ2n) is 5.65. The number of amides is 1. The van der Waals surface area contributed by atoms with Crippen molar-refractivity contribution >= 4 is 23.6 Å². The van der Waals surface area contributed by atoms with E-state index in [1.165, 1.54) is 0 Å². The second-order valence-corrected chi connectivity index (χ2v) is 5.65. The van der Waals surface area contributed by atoms with Crippen molar-refractivity contribution in [3.63, 3.8) is 0 Å². The molecule has 1 aromatic rings. The highest BCUT2D eigenvalue weighted by Crippen LogP contribution is 2.01. The minimum absolute atomic E-state index is 0.0280. The van der Waals surface area contributed by atoms with Gasteiger partial charge in [0.05, 0.1) is 26.2 Å². The Morgan fingerprint density at radius 3 is 2.18 bits per heavy atom. The smallest absolute Gasteiger partial charge is 0.379 e. The summed E-state index contributed by atoms with van der Waals surface area (Å²) in [6, 6.07) is 8.16. The van der Waals surface area contributed by atoms with Crippen LogP contribution in [0, 0.1) is 0 Å². The molecule has 0 fully saturated rings. The van der Waals surface area contributed by atoms with Gasteiger partial charge < -0.3 is 24.6 Å². The van der Waals surface area contributed by atoms with E-state index in [-0.39, 0.29) is 37.5 Å². The summed E-state index contributed by atoms with van der Waals surface area (Å²) in [5.74, 6) is -2.92. The number of carboxylic acids is 1. The maximum absolute atomic E-state index is 11.8. The summed E-state index contributed by atoms with van der Waals surface area (Å²) in [6.45, 7) is 1.59. The standard InChI is InChI=1S/C19H25NO8/c21-16(7-8-17(22)23)20-9-4-10-26-11-12-27-13-14-28-19(25)18(24)15-5-2-1-3-6-15/h1-3,5-6H,4,7-14H2,(H,20,21)(H,22,23). The van der Waals surface area contributed by atoms with E-state index >= 15 is 0 Å². The van der Waals surface area contributed by atoms with Gasteiger partial charge in [-0.1, -0.05) is 30.3 Å². The molecule has 0 aliphatic rings. The van der Waals surface area contributed by atoms with Gasteiger partial charge >= 0.3 is 11.9 Å². The van der Waals surface area contributed by atoms with Crippen LogP contribution in [0.15, 0.2) is 30.3 Å². The van der Waals surface area contributed by atoms with Gasteiger partial charge in [0.15, 0.2) is 0 Å². The first-order valence-corrected chi connectivity index (χ1v) is 8.91. The van der Waals surface area contributed by atoms with E-state index in [1.54, 1.807) is 30.3 Å². The average molecular weight is 395 g/mol. The largest absolute Gasteiger partial charge is 0.481 e. The summed E-state index contributed by atoms with van der Waals surface area (Å²) in [5, 5.41) is 11.1. The van der Waals surface area contributed by atoms with Crippen LogP contribution in [0.2, 0.25) is 0 Å². The lowest BCUT2D eigenvalue weighted by atomic mass is 10.1. The van der Waals surface area contributed by atoms with Gasteiger partial charge in [-0.15, -0.1) is 0 Å². The fourth-order valence-electron chi connectivity index (χ4n) is 2.00. The molecule has 0 spiro atoms. The van der Waals surface area contributed by atoms with Crippen LogP contribution >= 0.6 is 0 Å².